The summed E-state index contributed by atoms with van der Waals surface area (Å²) in [6, 6.07) is 7.11. The number of hydrogen-bond donors (Lipinski definition) is 0. The summed E-state index contributed by atoms with van der Waals surface area (Å²) in [7, 11) is 0. The molecule has 156 valence electrons. The lowest BCUT2D eigenvalue weighted by molar-refractivity contribution is -0.137. The average Bonchev–Trinajstić information content (AvgIpc) is 2.74. The van der Waals surface area contributed by atoms with Crippen molar-refractivity contribution < 1.29 is 22.3 Å². The molecular weight excluding hydrogens is 395 g/mol. The Hall–Kier alpha value is -2.96. The van der Waals surface area contributed by atoms with Crippen LogP contribution in [0.4, 0.5) is 18.9 Å². The zero-order valence-electron chi connectivity index (χ0n) is 16.4. The van der Waals surface area contributed by atoms with Gasteiger partial charge in [0.1, 0.15) is 11.3 Å². The van der Waals surface area contributed by atoms with E-state index in [0.29, 0.717) is 23.6 Å². The van der Waals surface area contributed by atoms with Crippen LogP contribution in [0.5, 0.6) is 5.75 Å². The SMILES string of the molecule is Cc1c2c(cc3c4c(c(=O)oc13)CCCC4)CN(c1ccc(C(F)(F)F)cc1)CO2. The van der Waals surface area contributed by atoms with Gasteiger partial charge in [-0.3, -0.25) is 0 Å². The van der Waals surface area contributed by atoms with Crippen LogP contribution in [0.15, 0.2) is 39.5 Å². The second kappa shape index (κ2) is 6.79. The van der Waals surface area contributed by atoms with Crippen LogP contribution in [0.25, 0.3) is 11.0 Å². The Morgan fingerprint density at radius 1 is 1.03 bits per heavy atom. The molecule has 1 aliphatic heterocycles. The molecule has 1 aromatic heterocycles. The molecule has 2 heterocycles. The third-order valence-electron chi connectivity index (χ3n) is 6.06. The lowest BCUT2D eigenvalue weighted by atomic mass is 9.89. The van der Waals surface area contributed by atoms with Crippen LogP contribution in [0.1, 0.15) is 40.7 Å². The number of rotatable bonds is 1. The molecule has 0 saturated carbocycles. The van der Waals surface area contributed by atoms with Gasteiger partial charge in [-0.1, -0.05) is 0 Å². The topological polar surface area (TPSA) is 42.7 Å². The van der Waals surface area contributed by atoms with Gasteiger partial charge in [-0.05, 0) is 68.5 Å². The maximum Gasteiger partial charge on any atom is 0.416 e. The van der Waals surface area contributed by atoms with E-state index in [4.69, 9.17) is 9.15 Å². The quantitative estimate of drug-likeness (QED) is 0.502. The van der Waals surface area contributed by atoms with Gasteiger partial charge in [0.25, 0.3) is 0 Å². The summed E-state index contributed by atoms with van der Waals surface area (Å²) in [5.74, 6) is 0.685. The minimum absolute atomic E-state index is 0.208. The van der Waals surface area contributed by atoms with Gasteiger partial charge in [-0.25, -0.2) is 4.79 Å². The van der Waals surface area contributed by atoms with Gasteiger partial charge in [0, 0.05) is 34.3 Å². The van der Waals surface area contributed by atoms with E-state index < -0.39 is 11.7 Å². The Balaban J connectivity index is 1.55. The smallest absolute Gasteiger partial charge is 0.416 e. The number of benzene rings is 2. The normalized spacial score (nSPS) is 16.2. The maximum atomic E-state index is 12.8. The summed E-state index contributed by atoms with van der Waals surface area (Å²) in [5, 5.41) is 0.943. The van der Waals surface area contributed by atoms with Gasteiger partial charge in [0.2, 0.25) is 0 Å². The maximum absolute atomic E-state index is 12.8. The van der Waals surface area contributed by atoms with Gasteiger partial charge in [0.15, 0.2) is 6.73 Å². The van der Waals surface area contributed by atoms with Crippen molar-refractivity contribution in [3.8, 4) is 5.75 Å². The van der Waals surface area contributed by atoms with Crippen molar-refractivity contribution in [2.24, 2.45) is 0 Å². The molecule has 30 heavy (non-hydrogen) atoms. The number of hydrogen-bond acceptors (Lipinski definition) is 4. The largest absolute Gasteiger partial charge is 0.472 e. The van der Waals surface area contributed by atoms with Crippen LogP contribution in [-0.2, 0) is 25.6 Å². The molecule has 0 fully saturated rings. The highest BCUT2D eigenvalue weighted by Crippen LogP contribution is 2.39. The number of anilines is 1. The highest BCUT2D eigenvalue weighted by molar-refractivity contribution is 5.87. The third kappa shape index (κ3) is 3.04. The summed E-state index contributed by atoms with van der Waals surface area (Å²) >= 11 is 0. The molecule has 3 aromatic rings. The first-order valence-corrected chi connectivity index (χ1v) is 9.99. The van der Waals surface area contributed by atoms with E-state index in [0.717, 1.165) is 65.5 Å². The van der Waals surface area contributed by atoms with E-state index in [2.05, 4.69) is 0 Å². The molecular formula is C23H20F3NO3. The van der Waals surface area contributed by atoms with Crippen LogP contribution in [0.3, 0.4) is 0 Å². The first-order chi connectivity index (χ1) is 14.3. The fourth-order valence-electron chi connectivity index (χ4n) is 4.53. The fourth-order valence-corrected chi connectivity index (χ4v) is 4.53. The Bertz CT molecular complexity index is 1200. The number of halogens is 3. The van der Waals surface area contributed by atoms with E-state index in [1.807, 2.05) is 17.9 Å². The number of ether oxygens (including phenoxy) is 1. The Kier molecular flexibility index (Phi) is 4.31. The van der Waals surface area contributed by atoms with Gasteiger partial charge < -0.3 is 14.1 Å². The summed E-state index contributed by atoms with van der Waals surface area (Å²) in [6.45, 7) is 2.60. The van der Waals surface area contributed by atoms with Crippen LogP contribution < -0.4 is 15.3 Å². The van der Waals surface area contributed by atoms with Crippen molar-refractivity contribution >= 4 is 16.7 Å². The van der Waals surface area contributed by atoms with E-state index in [9.17, 15) is 18.0 Å². The third-order valence-corrected chi connectivity index (χ3v) is 6.06. The molecule has 0 unspecified atom stereocenters. The zero-order valence-corrected chi connectivity index (χ0v) is 16.4. The molecule has 0 atom stereocenters. The predicted molar refractivity (Wildman–Crippen MR) is 107 cm³/mol. The molecule has 0 spiro atoms. The van der Waals surface area contributed by atoms with Crippen molar-refractivity contribution in [2.45, 2.75) is 45.3 Å². The predicted octanol–water partition coefficient (Wildman–Crippen LogP) is 5.36. The molecule has 5 rings (SSSR count). The Morgan fingerprint density at radius 2 is 1.73 bits per heavy atom. The van der Waals surface area contributed by atoms with Gasteiger partial charge in [-0.15, -0.1) is 0 Å². The molecule has 0 saturated heterocycles. The number of nitrogens with zero attached hydrogens (tertiary/aromatic N) is 1. The Labute approximate surface area is 170 Å². The highest BCUT2D eigenvalue weighted by Gasteiger charge is 2.31. The Morgan fingerprint density at radius 3 is 2.43 bits per heavy atom. The van der Waals surface area contributed by atoms with Crippen molar-refractivity contribution in [2.75, 3.05) is 11.6 Å². The van der Waals surface area contributed by atoms with Crippen molar-refractivity contribution in [1.82, 2.24) is 0 Å². The van der Waals surface area contributed by atoms with Crippen molar-refractivity contribution in [1.29, 1.82) is 0 Å². The minimum Gasteiger partial charge on any atom is -0.472 e. The fraction of sp³-hybridized carbons (Fsp3) is 0.348. The number of fused-ring (bicyclic) bond motifs is 4. The minimum atomic E-state index is -4.36. The van der Waals surface area contributed by atoms with Crippen molar-refractivity contribution in [3.63, 3.8) is 0 Å². The van der Waals surface area contributed by atoms with Crippen LogP contribution >= 0.6 is 0 Å². The summed E-state index contributed by atoms with van der Waals surface area (Å²) < 4.78 is 50.2. The van der Waals surface area contributed by atoms with Gasteiger partial charge >= 0.3 is 11.8 Å². The highest BCUT2D eigenvalue weighted by atomic mass is 19.4. The van der Waals surface area contributed by atoms with E-state index in [-0.39, 0.29) is 12.4 Å². The van der Waals surface area contributed by atoms with Gasteiger partial charge in [0.05, 0.1) is 5.56 Å². The van der Waals surface area contributed by atoms with E-state index in [1.54, 1.807) is 0 Å². The van der Waals surface area contributed by atoms with Gasteiger partial charge in [-0.2, -0.15) is 13.2 Å². The standard InChI is InChI=1S/C23H20F3NO3/c1-13-20-14(10-19-17-4-2-3-5-18(17)22(28)30-21(13)19)11-27(12-29-20)16-8-6-15(7-9-16)23(24,25)26/h6-10H,2-5,11-12H2,1H3. The first-order valence-electron chi connectivity index (χ1n) is 9.99. The lowest BCUT2D eigenvalue weighted by Gasteiger charge is -2.32. The second-order valence-corrected chi connectivity index (χ2v) is 7.94. The number of aryl methyl sites for hydroxylation is 2. The van der Waals surface area contributed by atoms with Crippen molar-refractivity contribution in [3.05, 3.63) is 68.6 Å². The second-order valence-electron chi connectivity index (χ2n) is 7.94. The molecule has 7 heteroatoms. The summed E-state index contributed by atoms with van der Waals surface area (Å²) in [5.41, 5.74) is 3.85. The molecule has 0 radical (unpaired) electrons. The van der Waals surface area contributed by atoms with E-state index >= 15 is 0 Å². The lowest BCUT2D eigenvalue weighted by Crippen LogP contribution is -2.32. The molecule has 0 bridgehead atoms. The van der Waals surface area contributed by atoms with Crippen LogP contribution in [0.2, 0.25) is 0 Å². The van der Waals surface area contributed by atoms with E-state index in [1.165, 1.54) is 12.1 Å². The zero-order chi connectivity index (χ0) is 21.0. The first kappa shape index (κ1) is 19.0. The molecule has 2 aliphatic rings. The van der Waals surface area contributed by atoms with Crippen LogP contribution in [0, 0.1) is 6.92 Å². The van der Waals surface area contributed by atoms with Crippen LogP contribution in [-0.4, -0.2) is 6.73 Å². The molecule has 1 aliphatic carbocycles. The molecule has 2 aromatic carbocycles. The number of alkyl halides is 3. The molecule has 0 N–H and O–H groups in total. The molecule has 0 amide bonds. The summed E-state index contributed by atoms with van der Waals surface area (Å²) in [6.07, 6.45) is -0.756. The molecule has 4 nitrogen and oxygen atoms in total. The average molecular weight is 415 g/mol. The monoisotopic (exact) mass is 415 g/mol. The summed E-state index contributed by atoms with van der Waals surface area (Å²) in [4.78, 5) is 14.3.